The van der Waals surface area contributed by atoms with E-state index in [9.17, 15) is 13.2 Å². The summed E-state index contributed by atoms with van der Waals surface area (Å²) in [6, 6.07) is 10.0. The first-order valence-corrected chi connectivity index (χ1v) is 7.06. The van der Waals surface area contributed by atoms with E-state index >= 15 is 0 Å². The lowest BCUT2D eigenvalue weighted by atomic mass is 10.1. The van der Waals surface area contributed by atoms with Crippen molar-refractivity contribution in [2.45, 2.75) is 18.6 Å². The van der Waals surface area contributed by atoms with Gasteiger partial charge >= 0.3 is 6.18 Å². The van der Waals surface area contributed by atoms with Gasteiger partial charge in [-0.25, -0.2) is 0 Å². The van der Waals surface area contributed by atoms with E-state index < -0.39 is 12.6 Å². The number of nitrogens with one attached hydrogen (secondary N) is 2. The Morgan fingerprint density at radius 1 is 1.17 bits per heavy atom. The minimum absolute atomic E-state index is 0. The topological polar surface area (TPSA) is 39.7 Å². The summed E-state index contributed by atoms with van der Waals surface area (Å²) < 4.78 is 36.4. The van der Waals surface area contributed by atoms with Gasteiger partial charge in [0.1, 0.15) is 0 Å². The number of likely N-dealkylation sites (N-methyl/N-ethyl adjacent to an activating group) is 1. The van der Waals surface area contributed by atoms with Gasteiger partial charge in [0, 0.05) is 20.1 Å². The van der Waals surface area contributed by atoms with Gasteiger partial charge in [0.05, 0.1) is 12.5 Å². The van der Waals surface area contributed by atoms with Gasteiger partial charge in [-0.1, -0.05) is 30.3 Å². The summed E-state index contributed by atoms with van der Waals surface area (Å²) in [4.78, 5) is 5.99. The van der Waals surface area contributed by atoms with E-state index in [0.29, 0.717) is 12.5 Å². The fourth-order valence-electron chi connectivity index (χ4n) is 2.01. The number of nitrogens with zero attached hydrogens (tertiary/aromatic N) is 2. The molecule has 4 nitrogen and oxygen atoms in total. The van der Waals surface area contributed by atoms with Gasteiger partial charge < -0.3 is 15.5 Å². The Labute approximate surface area is 152 Å². The third-order valence-corrected chi connectivity index (χ3v) is 3.20. The smallest absolute Gasteiger partial charge is 0.356 e. The first-order chi connectivity index (χ1) is 10.3. The molecule has 0 radical (unpaired) electrons. The van der Waals surface area contributed by atoms with E-state index in [1.807, 2.05) is 49.3 Å². The van der Waals surface area contributed by atoms with Crippen molar-refractivity contribution in [1.82, 2.24) is 15.5 Å². The lowest BCUT2D eigenvalue weighted by Gasteiger charge is -2.26. The third kappa shape index (κ3) is 8.99. The van der Waals surface area contributed by atoms with Crippen LogP contribution in [0.2, 0.25) is 0 Å². The zero-order valence-corrected chi connectivity index (χ0v) is 15.9. The second kappa shape index (κ2) is 10.7. The van der Waals surface area contributed by atoms with E-state index in [4.69, 9.17) is 0 Å². The molecule has 23 heavy (non-hydrogen) atoms. The van der Waals surface area contributed by atoms with E-state index in [1.54, 1.807) is 0 Å². The SMILES string of the molecule is CN=C(NCCC(F)(F)F)NCC(c1ccccc1)N(C)C.I. The van der Waals surface area contributed by atoms with Gasteiger partial charge in [-0.05, 0) is 19.7 Å². The Kier molecular flexibility index (Phi) is 10.2. The molecule has 0 saturated heterocycles. The van der Waals surface area contributed by atoms with Crippen LogP contribution in [0.3, 0.4) is 0 Å². The van der Waals surface area contributed by atoms with Crippen LogP contribution in [-0.4, -0.2) is 51.3 Å². The van der Waals surface area contributed by atoms with Crippen LogP contribution in [0.4, 0.5) is 13.2 Å². The Hall–Kier alpha value is -1.03. The number of hydrogen-bond donors (Lipinski definition) is 2. The molecule has 0 aliphatic heterocycles. The van der Waals surface area contributed by atoms with Gasteiger partial charge in [0.25, 0.3) is 0 Å². The molecule has 1 aromatic rings. The molecule has 132 valence electrons. The summed E-state index contributed by atoms with van der Waals surface area (Å²) >= 11 is 0. The van der Waals surface area contributed by atoms with Gasteiger partial charge in [-0.2, -0.15) is 13.2 Å². The van der Waals surface area contributed by atoms with Crippen molar-refractivity contribution in [3.8, 4) is 0 Å². The van der Waals surface area contributed by atoms with Crippen molar-refractivity contribution in [2.75, 3.05) is 34.2 Å². The number of aliphatic imine (C=N–C) groups is 1. The molecule has 0 aliphatic rings. The lowest BCUT2D eigenvalue weighted by molar-refractivity contribution is -0.132. The van der Waals surface area contributed by atoms with Crippen LogP contribution in [0, 0.1) is 0 Å². The number of alkyl halides is 3. The van der Waals surface area contributed by atoms with Crippen LogP contribution in [0.1, 0.15) is 18.0 Å². The normalized spacial score (nSPS) is 13.4. The van der Waals surface area contributed by atoms with Gasteiger partial charge in [-0.15, -0.1) is 24.0 Å². The summed E-state index contributed by atoms with van der Waals surface area (Å²) in [5, 5.41) is 5.74. The molecule has 0 aliphatic carbocycles. The summed E-state index contributed by atoms with van der Waals surface area (Å²) in [5.74, 6) is 0.368. The third-order valence-electron chi connectivity index (χ3n) is 3.20. The van der Waals surface area contributed by atoms with Crippen LogP contribution in [0.25, 0.3) is 0 Å². The first-order valence-electron chi connectivity index (χ1n) is 7.06. The summed E-state index contributed by atoms with van der Waals surface area (Å²) in [7, 11) is 5.45. The van der Waals surface area contributed by atoms with E-state index in [-0.39, 0.29) is 36.6 Å². The maximum Gasteiger partial charge on any atom is 0.390 e. The minimum Gasteiger partial charge on any atom is -0.356 e. The summed E-state index contributed by atoms with van der Waals surface area (Å²) in [6.07, 6.45) is -5.05. The van der Waals surface area contributed by atoms with Crippen LogP contribution >= 0.6 is 24.0 Å². The predicted molar refractivity (Wildman–Crippen MR) is 98.3 cm³/mol. The second-order valence-corrected chi connectivity index (χ2v) is 5.14. The van der Waals surface area contributed by atoms with E-state index in [1.165, 1.54) is 7.05 Å². The summed E-state index contributed by atoms with van der Waals surface area (Å²) in [5.41, 5.74) is 1.13. The van der Waals surface area contributed by atoms with Crippen molar-refractivity contribution < 1.29 is 13.2 Å². The number of rotatable bonds is 6. The molecule has 0 amide bonds. The molecule has 0 heterocycles. The molecule has 0 saturated carbocycles. The van der Waals surface area contributed by atoms with E-state index in [0.717, 1.165) is 5.56 Å². The van der Waals surface area contributed by atoms with Crippen molar-refractivity contribution >= 4 is 29.9 Å². The Balaban J connectivity index is 0.00000484. The van der Waals surface area contributed by atoms with Crippen LogP contribution in [0.15, 0.2) is 35.3 Å². The molecule has 2 N–H and O–H groups in total. The highest BCUT2D eigenvalue weighted by Crippen LogP contribution is 2.18. The predicted octanol–water partition coefficient (Wildman–Crippen LogP) is 3.02. The Bertz CT molecular complexity index is 464. The highest BCUT2D eigenvalue weighted by Gasteiger charge is 2.26. The molecular formula is C15H24F3IN4. The quantitative estimate of drug-likeness (QED) is 0.403. The average molecular weight is 444 g/mol. The average Bonchev–Trinajstić information content (AvgIpc) is 2.45. The van der Waals surface area contributed by atoms with Crippen LogP contribution in [0.5, 0.6) is 0 Å². The molecule has 0 aromatic heterocycles. The van der Waals surface area contributed by atoms with Crippen LogP contribution in [-0.2, 0) is 0 Å². The number of guanidine groups is 1. The maximum absolute atomic E-state index is 12.1. The first kappa shape index (κ1) is 22.0. The fourth-order valence-corrected chi connectivity index (χ4v) is 2.01. The molecule has 0 fully saturated rings. The van der Waals surface area contributed by atoms with Crippen molar-refractivity contribution in [3.63, 3.8) is 0 Å². The van der Waals surface area contributed by atoms with Gasteiger partial charge in [0.2, 0.25) is 0 Å². The summed E-state index contributed by atoms with van der Waals surface area (Å²) in [6.45, 7) is 0.351. The number of benzene rings is 1. The molecule has 0 bridgehead atoms. The standard InChI is InChI=1S/C15H23F3N4.HI/c1-19-14(20-10-9-15(16,17)18)21-11-13(22(2)3)12-7-5-4-6-8-12;/h4-8,13H,9-11H2,1-3H3,(H2,19,20,21);1H. The number of hydrogen-bond acceptors (Lipinski definition) is 2. The minimum atomic E-state index is -4.16. The lowest BCUT2D eigenvalue weighted by Crippen LogP contribution is -2.42. The zero-order valence-electron chi connectivity index (χ0n) is 13.5. The van der Waals surface area contributed by atoms with E-state index in [2.05, 4.69) is 15.6 Å². The van der Waals surface area contributed by atoms with Gasteiger partial charge in [-0.3, -0.25) is 4.99 Å². The van der Waals surface area contributed by atoms with Crippen LogP contribution < -0.4 is 10.6 Å². The molecular weight excluding hydrogens is 420 g/mol. The second-order valence-electron chi connectivity index (χ2n) is 5.14. The van der Waals surface area contributed by atoms with Gasteiger partial charge in [0.15, 0.2) is 5.96 Å². The molecule has 0 spiro atoms. The molecule has 8 heteroatoms. The molecule has 1 unspecified atom stereocenters. The highest BCUT2D eigenvalue weighted by molar-refractivity contribution is 14.0. The fraction of sp³-hybridized carbons (Fsp3) is 0.533. The van der Waals surface area contributed by atoms with Crippen molar-refractivity contribution in [3.05, 3.63) is 35.9 Å². The maximum atomic E-state index is 12.1. The largest absolute Gasteiger partial charge is 0.390 e. The Morgan fingerprint density at radius 2 is 1.78 bits per heavy atom. The van der Waals surface area contributed by atoms with Crippen molar-refractivity contribution in [2.24, 2.45) is 4.99 Å². The molecule has 1 atom stereocenters. The zero-order chi connectivity index (χ0) is 16.6. The van der Waals surface area contributed by atoms with Crippen molar-refractivity contribution in [1.29, 1.82) is 0 Å². The number of halogens is 4. The monoisotopic (exact) mass is 444 g/mol. The molecule has 1 rings (SSSR count). The Morgan fingerprint density at radius 3 is 2.26 bits per heavy atom. The molecule has 1 aromatic carbocycles. The highest BCUT2D eigenvalue weighted by atomic mass is 127.